The summed E-state index contributed by atoms with van der Waals surface area (Å²) >= 11 is 0. The van der Waals surface area contributed by atoms with Crippen molar-refractivity contribution in [2.24, 2.45) is 11.8 Å². The third-order valence-corrected chi connectivity index (χ3v) is 3.58. The molecule has 2 N–H and O–H groups in total. The lowest BCUT2D eigenvalue weighted by atomic mass is 9.92. The summed E-state index contributed by atoms with van der Waals surface area (Å²) in [5, 5.41) is 12.3. The summed E-state index contributed by atoms with van der Waals surface area (Å²) in [7, 11) is 0. The van der Waals surface area contributed by atoms with Crippen LogP contribution in [0.4, 0.5) is 13.2 Å². The number of rotatable bonds is 5. The van der Waals surface area contributed by atoms with Gasteiger partial charge in [0.05, 0.1) is 11.5 Å². The average molecular weight is 303 g/mol. The van der Waals surface area contributed by atoms with Gasteiger partial charge in [-0.25, -0.2) is 0 Å². The highest BCUT2D eigenvalue weighted by Crippen LogP contribution is 2.31. The number of carboxylic acid groups (broad SMARTS) is 1. The molecule has 1 heterocycles. The highest BCUT2D eigenvalue weighted by atomic mass is 19.4. The predicted molar refractivity (Wildman–Crippen MR) is 69.0 cm³/mol. The molecular weight excluding hydrogens is 287 g/mol. The molecule has 2 atom stereocenters. The van der Waals surface area contributed by atoms with E-state index in [0.717, 1.165) is 25.1 Å². The molecule has 1 aromatic carbocycles. The molecule has 0 bridgehead atoms. The zero-order valence-electron chi connectivity index (χ0n) is 11.2. The van der Waals surface area contributed by atoms with Crippen LogP contribution in [0.3, 0.4) is 0 Å². The van der Waals surface area contributed by atoms with Crippen LogP contribution in [-0.2, 0) is 11.0 Å². The molecule has 0 radical (unpaired) electrons. The number of aliphatic carboxylic acids is 1. The van der Waals surface area contributed by atoms with E-state index < -0.39 is 23.6 Å². The first kappa shape index (κ1) is 15.6. The fourth-order valence-electron chi connectivity index (χ4n) is 2.38. The molecule has 4 nitrogen and oxygen atoms in total. The summed E-state index contributed by atoms with van der Waals surface area (Å²) < 4.78 is 43.0. The summed E-state index contributed by atoms with van der Waals surface area (Å²) in [6.07, 6.45) is -3.72. The van der Waals surface area contributed by atoms with E-state index in [1.165, 1.54) is 12.1 Å². The van der Waals surface area contributed by atoms with Gasteiger partial charge in [-0.15, -0.1) is 0 Å². The average Bonchev–Trinajstić information content (AvgIpc) is 2.92. The molecule has 0 saturated carbocycles. The molecule has 1 fully saturated rings. The molecule has 0 amide bonds. The quantitative estimate of drug-likeness (QED) is 0.877. The molecule has 2 unspecified atom stereocenters. The number of nitrogens with one attached hydrogen (secondary N) is 1. The summed E-state index contributed by atoms with van der Waals surface area (Å²) in [5.74, 6) is -1.75. The predicted octanol–water partition coefficient (Wildman–Crippen LogP) is 2.39. The Bertz CT molecular complexity index is 498. The highest BCUT2D eigenvalue weighted by Gasteiger charge is 2.32. The molecule has 0 aliphatic carbocycles. The van der Waals surface area contributed by atoms with Gasteiger partial charge in [0.25, 0.3) is 0 Å². The normalized spacial score (nSPS) is 20.2. The molecule has 116 valence electrons. The van der Waals surface area contributed by atoms with Gasteiger partial charge in [0.15, 0.2) is 0 Å². The molecule has 0 spiro atoms. The second kappa shape index (κ2) is 6.34. The van der Waals surface area contributed by atoms with E-state index in [2.05, 4.69) is 5.32 Å². The van der Waals surface area contributed by atoms with Gasteiger partial charge in [0, 0.05) is 0 Å². The van der Waals surface area contributed by atoms with Crippen molar-refractivity contribution in [3.8, 4) is 5.75 Å². The monoisotopic (exact) mass is 303 g/mol. The van der Waals surface area contributed by atoms with Gasteiger partial charge in [0.2, 0.25) is 0 Å². The standard InChI is InChI=1S/C14H16F3NO3/c15-14(16,17)10-2-1-3-11(6-10)21-8-12(13(19)20)9-4-5-18-7-9/h1-3,6,9,12,18H,4-5,7-8H2,(H,19,20). The van der Waals surface area contributed by atoms with Crippen LogP contribution in [0.1, 0.15) is 12.0 Å². The molecular formula is C14H16F3NO3. The van der Waals surface area contributed by atoms with Crippen molar-refractivity contribution in [1.82, 2.24) is 5.32 Å². The number of carboxylic acids is 1. The Morgan fingerprint density at radius 3 is 2.81 bits per heavy atom. The minimum atomic E-state index is -4.44. The maximum atomic E-state index is 12.6. The Morgan fingerprint density at radius 1 is 1.48 bits per heavy atom. The summed E-state index contributed by atoms with van der Waals surface area (Å²) in [5.41, 5.74) is -0.811. The van der Waals surface area contributed by atoms with Gasteiger partial charge >= 0.3 is 12.1 Å². The zero-order valence-corrected chi connectivity index (χ0v) is 11.2. The van der Waals surface area contributed by atoms with Crippen molar-refractivity contribution >= 4 is 5.97 Å². The Labute approximate surface area is 119 Å². The van der Waals surface area contributed by atoms with Crippen molar-refractivity contribution in [2.45, 2.75) is 12.6 Å². The maximum Gasteiger partial charge on any atom is 0.416 e. The number of ether oxygens (including phenoxy) is 1. The Kier molecular flexibility index (Phi) is 4.72. The van der Waals surface area contributed by atoms with Crippen LogP contribution in [0, 0.1) is 11.8 Å². The maximum absolute atomic E-state index is 12.6. The van der Waals surface area contributed by atoms with E-state index in [0.29, 0.717) is 6.54 Å². The first-order valence-corrected chi connectivity index (χ1v) is 6.61. The lowest BCUT2D eigenvalue weighted by molar-refractivity contribution is -0.145. The summed E-state index contributed by atoms with van der Waals surface area (Å²) in [6.45, 7) is 1.20. The van der Waals surface area contributed by atoms with Gasteiger partial charge in [-0.3, -0.25) is 4.79 Å². The van der Waals surface area contributed by atoms with Crippen LogP contribution < -0.4 is 10.1 Å². The zero-order chi connectivity index (χ0) is 15.5. The minimum absolute atomic E-state index is 0.0297. The second-order valence-corrected chi connectivity index (χ2v) is 5.03. The Hall–Kier alpha value is -1.76. The summed E-state index contributed by atoms with van der Waals surface area (Å²) in [4.78, 5) is 11.2. The van der Waals surface area contributed by atoms with E-state index in [4.69, 9.17) is 4.74 Å². The third kappa shape index (κ3) is 4.10. The molecule has 1 aliphatic heterocycles. The molecule has 0 aromatic heterocycles. The minimum Gasteiger partial charge on any atom is -0.493 e. The van der Waals surface area contributed by atoms with Crippen LogP contribution in [0.5, 0.6) is 5.75 Å². The first-order chi connectivity index (χ1) is 9.88. The Balaban J connectivity index is 2.02. The topological polar surface area (TPSA) is 58.6 Å². The van der Waals surface area contributed by atoms with E-state index >= 15 is 0 Å². The number of hydrogen-bond acceptors (Lipinski definition) is 3. The summed E-state index contributed by atoms with van der Waals surface area (Å²) in [6, 6.07) is 4.46. The van der Waals surface area contributed by atoms with Crippen molar-refractivity contribution in [1.29, 1.82) is 0 Å². The van der Waals surface area contributed by atoms with Gasteiger partial charge < -0.3 is 15.2 Å². The van der Waals surface area contributed by atoms with Crippen LogP contribution in [-0.4, -0.2) is 30.8 Å². The van der Waals surface area contributed by atoms with E-state index in [-0.39, 0.29) is 18.3 Å². The van der Waals surface area contributed by atoms with Gasteiger partial charge in [0.1, 0.15) is 12.4 Å². The van der Waals surface area contributed by atoms with Gasteiger partial charge in [-0.1, -0.05) is 6.07 Å². The fourth-order valence-corrected chi connectivity index (χ4v) is 2.38. The van der Waals surface area contributed by atoms with E-state index in [1.807, 2.05) is 0 Å². The number of hydrogen-bond donors (Lipinski definition) is 2. The lowest BCUT2D eigenvalue weighted by Crippen LogP contribution is -2.30. The van der Waals surface area contributed by atoms with Crippen LogP contribution in [0.15, 0.2) is 24.3 Å². The van der Waals surface area contributed by atoms with Crippen LogP contribution in [0.2, 0.25) is 0 Å². The number of halogens is 3. The second-order valence-electron chi connectivity index (χ2n) is 5.03. The lowest BCUT2D eigenvalue weighted by Gasteiger charge is -2.19. The van der Waals surface area contributed by atoms with Crippen LogP contribution >= 0.6 is 0 Å². The highest BCUT2D eigenvalue weighted by molar-refractivity contribution is 5.70. The number of carbonyl (C=O) groups is 1. The Morgan fingerprint density at radius 2 is 2.24 bits per heavy atom. The van der Waals surface area contributed by atoms with Crippen molar-refractivity contribution in [3.05, 3.63) is 29.8 Å². The number of benzene rings is 1. The first-order valence-electron chi connectivity index (χ1n) is 6.61. The van der Waals surface area contributed by atoms with E-state index in [1.54, 1.807) is 0 Å². The van der Waals surface area contributed by atoms with Gasteiger partial charge in [-0.05, 0) is 43.6 Å². The molecule has 1 aliphatic rings. The van der Waals surface area contributed by atoms with Crippen LogP contribution in [0.25, 0.3) is 0 Å². The molecule has 1 saturated heterocycles. The van der Waals surface area contributed by atoms with Gasteiger partial charge in [-0.2, -0.15) is 13.2 Å². The van der Waals surface area contributed by atoms with Crippen molar-refractivity contribution in [3.63, 3.8) is 0 Å². The smallest absolute Gasteiger partial charge is 0.416 e. The van der Waals surface area contributed by atoms with E-state index in [9.17, 15) is 23.1 Å². The molecule has 7 heteroatoms. The third-order valence-electron chi connectivity index (χ3n) is 3.58. The fraction of sp³-hybridized carbons (Fsp3) is 0.500. The van der Waals surface area contributed by atoms with Crippen molar-refractivity contribution < 1.29 is 27.8 Å². The SMILES string of the molecule is O=C(O)C(COc1cccc(C(F)(F)F)c1)C1CCNC1. The molecule has 21 heavy (non-hydrogen) atoms. The van der Waals surface area contributed by atoms with Crippen molar-refractivity contribution in [2.75, 3.05) is 19.7 Å². The number of alkyl halides is 3. The molecule has 1 aromatic rings. The largest absolute Gasteiger partial charge is 0.493 e. The molecule has 2 rings (SSSR count).